The monoisotopic (exact) mass is 342 g/mol. The number of amides is 1. The molecule has 1 amide bonds. The molecule has 0 aromatic rings. The molecule has 1 rings (SSSR count). The molecule has 0 saturated heterocycles. The van der Waals surface area contributed by atoms with Gasteiger partial charge in [-0.3, -0.25) is 4.99 Å². The van der Waals surface area contributed by atoms with Crippen molar-refractivity contribution in [2.45, 2.75) is 52.1 Å². The molecule has 7 heteroatoms. The first-order valence-corrected chi connectivity index (χ1v) is 8.70. The van der Waals surface area contributed by atoms with Gasteiger partial charge in [-0.1, -0.05) is 6.42 Å². The van der Waals surface area contributed by atoms with Gasteiger partial charge in [0, 0.05) is 40.4 Å². The van der Waals surface area contributed by atoms with E-state index in [2.05, 4.69) is 20.9 Å². The van der Waals surface area contributed by atoms with E-state index in [-0.39, 0.29) is 0 Å². The van der Waals surface area contributed by atoms with Gasteiger partial charge in [0.25, 0.3) is 0 Å². The van der Waals surface area contributed by atoms with Gasteiger partial charge in [0.05, 0.1) is 0 Å². The highest BCUT2D eigenvalue weighted by Crippen LogP contribution is 2.43. The molecule has 1 saturated carbocycles. The van der Waals surface area contributed by atoms with Crippen molar-refractivity contribution >= 4 is 12.1 Å². The fourth-order valence-electron chi connectivity index (χ4n) is 2.66. The van der Waals surface area contributed by atoms with Gasteiger partial charge in [0.15, 0.2) is 5.96 Å². The molecule has 0 bridgehead atoms. The summed E-state index contributed by atoms with van der Waals surface area (Å²) in [5.74, 6) is 0.754. The highest BCUT2D eigenvalue weighted by atomic mass is 16.6. The number of aliphatic imine (C=N–C) groups is 1. The van der Waals surface area contributed by atoms with E-state index >= 15 is 0 Å². The van der Waals surface area contributed by atoms with Crippen molar-refractivity contribution in [2.24, 2.45) is 10.4 Å². The summed E-state index contributed by atoms with van der Waals surface area (Å²) in [5, 5.41) is 9.31. The maximum absolute atomic E-state index is 11.6. The third kappa shape index (κ3) is 7.86. The summed E-state index contributed by atoms with van der Waals surface area (Å²) in [6.07, 6.45) is 4.44. The van der Waals surface area contributed by atoms with E-state index in [9.17, 15) is 4.79 Å². The molecular formula is C17H34N4O3. The minimum absolute atomic E-state index is 0.336. The Balaban J connectivity index is 2.22. The van der Waals surface area contributed by atoms with Crippen LogP contribution >= 0.6 is 0 Å². The highest BCUT2D eigenvalue weighted by Gasteiger charge is 2.36. The van der Waals surface area contributed by atoms with E-state index in [1.165, 1.54) is 19.3 Å². The zero-order chi connectivity index (χ0) is 18.1. The summed E-state index contributed by atoms with van der Waals surface area (Å²) in [6.45, 7) is 8.29. The molecule has 0 radical (unpaired) electrons. The number of nitrogens with one attached hydrogen (secondary N) is 3. The van der Waals surface area contributed by atoms with Crippen LogP contribution in [0.4, 0.5) is 4.79 Å². The third-order valence-corrected chi connectivity index (χ3v) is 4.19. The zero-order valence-corrected chi connectivity index (χ0v) is 15.8. The molecule has 0 spiro atoms. The first-order valence-electron chi connectivity index (χ1n) is 8.70. The van der Waals surface area contributed by atoms with E-state index < -0.39 is 11.7 Å². The number of ether oxygens (including phenoxy) is 2. The topological polar surface area (TPSA) is 84.0 Å². The highest BCUT2D eigenvalue weighted by molar-refractivity contribution is 5.79. The van der Waals surface area contributed by atoms with Crippen molar-refractivity contribution in [3.05, 3.63) is 0 Å². The lowest BCUT2D eigenvalue weighted by molar-refractivity contribution is 0.0529. The van der Waals surface area contributed by atoms with E-state index in [0.29, 0.717) is 18.5 Å². The smallest absolute Gasteiger partial charge is 0.407 e. The van der Waals surface area contributed by atoms with Crippen LogP contribution < -0.4 is 16.0 Å². The Labute approximate surface area is 146 Å². The Kier molecular flexibility index (Phi) is 8.31. The molecule has 140 valence electrons. The van der Waals surface area contributed by atoms with Gasteiger partial charge >= 0.3 is 6.09 Å². The lowest BCUT2D eigenvalue weighted by Crippen LogP contribution is -2.48. The number of rotatable bonds is 8. The van der Waals surface area contributed by atoms with Crippen LogP contribution in [0.15, 0.2) is 4.99 Å². The van der Waals surface area contributed by atoms with Crippen LogP contribution in [0.5, 0.6) is 0 Å². The maximum Gasteiger partial charge on any atom is 0.407 e. The summed E-state index contributed by atoms with van der Waals surface area (Å²) < 4.78 is 10.4. The maximum atomic E-state index is 11.6. The van der Waals surface area contributed by atoms with E-state index in [1.54, 1.807) is 14.2 Å². The molecule has 0 heterocycles. The van der Waals surface area contributed by atoms with Gasteiger partial charge in [-0.05, 0) is 45.4 Å². The van der Waals surface area contributed by atoms with Gasteiger partial charge < -0.3 is 25.4 Å². The van der Waals surface area contributed by atoms with Crippen molar-refractivity contribution < 1.29 is 14.3 Å². The van der Waals surface area contributed by atoms with Crippen LogP contribution in [0.25, 0.3) is 0 Å². The number of nitrogens with zero attached hydrogens (tertiary/aromatic N) is 1. The van der Waals surface area contributed by atoms with Gasteiger partial charge in [0.1, 0.15) is 5.60 Å². The quantitative estimate of drug-likeness (QED) is 0.356. The van der Waals surface area contributed by atoms with Crippen molar-refractivity contribution in [1.29, 1.82) is 0 Å². The standard InChI is InChI=1S/C17H34N4O3/c1-16(2,3)24-15(22)20-11-10-19-14(18-4)21-13-17(7-6-8-17)9-12-23-5/h6-13H2,1-5H3,(H,20,22)(H2,18,19,21). The second-order valence-corrected chi connectivity index (χ2v) is 7.38. The van der Waals surface area contributed by atoms with Crippen LogP contribution in [0.2, 0.25) is 0 Å². The minimum Gasteiger partial charge on any atom is -0.444 e. The van der Waals surface area contributed by atoms with Gasteiger partial charge in [-0.25, -0.2) is 4.79 Å². The summed E-state index contributed by atoms with van der Waals surface area (Å²) in [5.41, 5.74) is -0.142. The van der Waals surface area contributed by atoms with Crippen LogP contribution in [0.1, 0.15) is 46.5 Å². The Morgan fingerprint density at radius 3 is 2.33 bits per heavy atom. The number of hydrogen-bond donors (Lipinski definition) is 3. The number of carbonyl (C=O) groups excluding carboxylic acids is 1. The largest absolute Gasteiger partial charge is 0.444 e. The fraction of sp³-hybridized carbons (Fsp3) is 0.882. The number of hydrogen-bond acceptors (Lipinski definition) is 4. The molecule has 0 aromatic heterocycles. The lowest BCUT2D eigenvalue weighted by Gasteiger charge is -2.42. The third-order valence-electron chi connectivity index (χ3n) is 4.19. The van der Waals surface area contributed by atoms with Gasteiger partial charge in [-0.2, -0.15) is 0 Å². The molecule has 1 fully saturated rings. The van der Waals surface area contributed by atoms with E-state index in [4.69, 9.17) is 9.47 Å². The Hall–Kier alpha value is -1.50. The molecule has 1 aliphatic rings. The molecule has 0 unspecified atom stereocenters. The average Bonchev–Trinajstić information content (AvgIpc) is 2.45. The van der Waals surface area contributed by atoms with Crippen LogP contribution in [0.3, 0.4) is 0 Å². The van der Waals surface area contributed by atoms with E-state index in [0.717, 1.165) is 25.5 Å². The molecule has 0 aliphatic heterocycles. The SMILES string of the molecule is CN=C(NCCNC(=O)OC(C)(C)C)NCC1(CCOC)CCC1. The van der Waals surface area contributed by atoms with Gasteiger partial charge in [-0.15, -0.1) is 0 Å². The summed E-state index contributed by atoms with van der Waals surface area (Å²) >= 11 is 0. The summed E-state index contributed by atoms with van der Waals surface area (Å²) in [6, 6.07) is 0. The number of methoxy groups -OCH3 is 1. The van der Waals surface area contributed by atoms with E-state index in [1.807, 2.05) is 20.8 Å². The molecule has 0 aromatic carbocycles. The normalized spacial score (nSPS) is 17.0. The molecule has 24 heavy (non-hydrogen) atoms. The number of alkyl carbamates (subject to hydrolysis) is 1. The molecule has 7 nitrogen and oxygen atoms in total. The lowest BCUT2D eigenvalue weighted by atomic mass is 9.67. The van der Waals surface area contributed by atoms with Crippen molar-refractivity contribution in [3.63, 3.8) is 0 Å². The summed E-state index contributed by atoms with van der Waals surface area (Å²) in [7, 11) is 3.50. The van der Waals surface area contributed by atoms with Crippen LogP contribution in [0, 0.1) is 5.41 Å². The number of carbonyl (C=O) groups is 1. The van der Waals surface area contributed by atoms with Crippen LogP contribution in [-0.4, -0.2) is 58.1 Å². The predicted molar refractivity (Wildman–Crippen MR) is 96.4 cm³/mol. The molecule has 1 aliphatic carbocycles. The average molecular weight is 342 g/mol. The Bertz CT molecular complexity index is 415. The first-order chi connectivity index (χ1) is 11.3. The number of guanidine groups is 1. The summed E-state index contributed by atoms with van der Waals surface area (Å²) in [4.78, 5) is 15.8. The van der Waals surface area contributed by atoms with Crippen molar-refractivity contribution in [3.8, 4) is 0 Å². The predicted octanol–water partition coefficient (Wildman–Crippen LogP) is 1.88. The second-order valence-electron chi connectivity index (χ2n) is 7.38. The van der Waals surface area contributed by atoms with Gasteiger partial charge in [0.2, 0.25) is 0 Å². The molecule has 3 N–H and O–H groups in total. The Morgan fingerprint density at radius 1 is 1.17 bits per heavy atom. The zero-order valence-electron chi connectivity index (χ0n) is 15.8. The van der Waals surface area contributed by atoms with Crippen molar-refractivity contribution in [2.75, 3.05) is 40.4 Å². The second kappa shape index (κ2) is 9.71. The Morgan fingerprint density at radius 2 is 1.83 bits per heavy atom. The molecule has 0 atom stereocenters. The van der Waals surface area contributed by atoms with Crippen LogP contribution in [-0.2, 0) is 9.47 Å². The molecular weight excluding hydrogens is 308 g/mol. The van der Waals surface area contributed by atoms with Crippen molar-refractivity contribution in [1.82, 2.24) is 16.0 Å². The fourth-order valence-corrected chi connectivity index (χ4v) is 2.66. The first kappa shape index (κ1) is 20.5. The minimum atomic E-state index is -0.478.